The van der Waals surface area contributed by atoms with Gasteiger partial charge in [0.05, 0.1) is 12.1 Å². The van der Waals surface area contributed by atoms with Crippen molar-refractivity contribution < 1.29 is 13.9 Å². The quantitative estimate of drug-likeness (QED) is 0.151. The number of halogens is 1. The van der Waals surface area contributed by atoms with Crippen LogP contribution in [0.5, 0.6) is 11.5 Å². The van der Waals surface area contributed by atoms with Crippen molar-refractivity contribution in [1.29, 1.82) is 0 Å². The number of piperidine rings is 2. The lowest BCUT2D eigenvalue weighted by atomic mass is 9.94. The smallest absolute Gasteiger partial charge is 0.198 e. The number of hydrogen-bond acceptors (Lipinski definition) is 6. The van der Waals surface area contributed by atoms with Crippen LogP contribution >= 0.6 is 11.6 Å². The second-order valence-electron chi connectivity index (χ2n) is 12.6. The fraction of sp³-hybridized carbons (Fsp3) is 0.375. The molecule has 0 aliphatic carbocycles. The number of likely N-dealkylation sites (tertiary alicyclic amines) is 1. The molecule has 2 aliphatic heterocycles. The Bertz CT molecular complexity index is 1750. The highest BCUT2D eigenvalue weighted by molar-refractivity contribution is 6.32. The third kappa shape index (κ3) is 7.61. The number of allylic oxidation sites excluding steroid dienone is 3. The van der Waals surface area contributed by atoms with E-state index in [1.807, 2.05) is 24.3 Å². The van der Waals surface area contributed by atoms with Gasteiger partial charge in [-0.2, -0.15) is 0 Å². The van der Waals surface area contributed by atoms with Gasteiger partial charge in [-0.05, 0) is 105 Å². The topological polar surface area (TPSA) is 51.0 Å². The molecule has 0 saturated carbocycles. The summed E-state index contributed by atoms with van der Waals surface area (Å²) in [5.41, 5.74) is 8.33. The van der Waals surface area contributed by atoms with Crippen LogP contribution in [0.25, 0.3) is 16.7 Å². The van der Waals surface area contributed by atoms with E-state index in [4.69, 9.17) is 30.5 Å². The molecule has 1 aromatic heterocycles. The van der Waals surface area contributed by atoms with E-state index < -0.39 is 0 Å². The predicted octanol–water partition coefficient (Wildman–Crippen LogP) is 9.84. The lowest BCUT2D eigenvalue weighted by molar-refractivity contribution is 0.218. The average Bonchev–Trinajstić information content (AvgIpc) is 3.54. The van der Waals surface area contributed by atoms with Gasteiger partial charge in [-0.1, -0.05) is 61.0 Å². The Kier molecular flexibility index (Phi) is 10.7. The van der Waals surface area contributed by atoms with Crippen LogP contribution in [0.15, 0.2) is 95.0 Å². The number of oxazole rings is 1. The van der Waals surface area contributed by atoms with Crippen LogP contribution in [0.2, 0.25) is 5.02 Å². The normalized spacial score (nSPS) is 17.1. The first-order chi connectivity index (χ1) is 23.0. The monoisotopic (exact) mass is 651 g/mol. The summed E-state index contributed by atoms with van der Waals surface area (Å²) in [6.45, 7) is 13.7. The summed E-state index contributed by atoms with van der Waals surface area (Å²) < 4.78 is 18.3. The van der Waals surface area contributed by atoms with Crippen molar-refractivity contribution in [3.63, 3.8) is 0 Å². The zero-order valence-electron chi connectivity index (χ0n) is 27.9. The Labute approximate surface area is 284 Å². The third-order valence-electron chi connectivity index (χ3n) is 9.66. The molecule has 2 saturated heterocycles. The van der Waals surface area contributed by atoms with Gasteiger partial charge in [0.25, 0.3) is 0 Å². The van der Waals surface area contributed by atoms with Crippen molar-refractivity contribution in [2.75, 3.05) is 44.8 Å². The Morgan fingerprint density at radius 1 is 1.00 bits per heavy atom. The standard InChI is InChI=1S/C40H46ClN3O3/c1-5-29(27-46-39-25-38(45-4)32(23-35(39)41)26-43-19-11-8-12-20-43)28(3)34(6-2)31-15-16-37-36(24-31)42-40(47-37)30-17-21-44(22-18-30)33-13-9-7-10-14-33/h5-7,9-10,13-16,23-25,30H,1,8,11-12,17-22,26-27H2,2-4H3/b29-28+,34-6+. The van der Waals surface area contributed by atoms with Gasteiger partial charge in [-0.3, -0.25) is 4.90 Å². The van der Waals surface area contributed by atoms with Gasteiger partial charge < -0.3 is 18.8 Å². The first kappa shape index (κ1) is 32.9. The van der Waals surface area contributed by atoms with Gasteiger partial charge in [0.15, 0.2) is 11.5 Å². The highest BCUT2D eigenvalue weighted by Crippen LogP contribution is 2.36. The van der Waals surface area contributed by atoms with E-state index >= 15 is 0 Å². The number of nitrogens with zero attached hydrogens (tertiary/aromatic N) is 3. The van der Waals surface area contributed by atoms with Crippen LogP contribution in [0, 0.1) is 0 Å². The number of para-hydroxylation sites is 1. The van der Waals surface area contributed by atoms with Gasteiger partial charge in [0, 0.05) is 42.9 Å². The molecule has 0 atom stereocenters. The molecule has 0 radical (unpaired) electrons. The fourth-order valence-corrected chi connectivity index (χ4v) is 7.16. The summed E-state index contributed by atoms with van der Waals surface area (Å²) in [6, 6.07) is 20.8. The van der Waals surface area contributed by atoms with E-state index in [2.05, 4.69) is 78.8 Å². The molecule has 0 bridgehead atoms. The van der Waals surface area contributed by atoms with Crippen LogP contribution in [-0.2, 0) is 6.54 Å². The minimum atomic E-state index is 0.322. The molecule has 2 fully saturated rings. The summed E-state index contributed by atoms with van der Waals surface area (Å²) in [6.07, 6.45) is 9.83. The van der Waals surface area contributed by atoms with Gasteiger partial charge in [-0.15, -0.1) is 0 Å². The van der Waals surface area contributed by atoms with Gasteiger partial charge in [0.1, 0.15) is 23.6 Å². The van der Waals surface area contributed by atoms with Crippen LogP contribution in [-0.4, -0.2) is 49.8 Å². The maximum atomic E-state index is 6.75. The summed E-state index contributed by atoms with van der Waals surface area (Å²) in [7, 11) is 1.70. The lowest BCUT2D eigenvalue weighted by Gasteiger charge is -2.32. The van der Waals surface area contributed by atoms with E-state index in [0.717, 1.165) is 96.2 Å². The highest BCUT2D eigenvalue weighted by Gasteiger charge is 2.25. The third-order valence-corrected chi connectivity index (χ3v) is 9.96. The maximum Gasteiger partial charge on any atom is 0.198 e. The van der Waals surface area contributed by atoms with Crippen LogP contribution in [0.3, 0.4) is 0 Å². The molecule has 6 rings (SSSR count). The van der Waals surface area contributed by atoms with Gasteiger partial charge in [0.2, 0.25) is 0 Å². The summed E-state index contributed by atoms with van der Waals surface area (Å²) in [5, 5.41) is 0.586. The molecule has 0 spiro atoms. The van der Waals surface area contributed by atoms with Gasteiger partial charge in [-0.25, -0.2) is 4.98 Å². The first-order valence-corrected chi connectivity index (χ1v) is 17.3. The van der Waals surface area contributed by atoms with Crippen molar-refractivity contribution >= 4 is 34.0 Å². The van der Waals surface area contributed by atoms with E-state index in [-0.39, 0.29) is 0 Å². The predicted molar refractivity (Wildman–Crippen MR) is 194 cm³/mol. The molecular formula is C40H46ClN3O3. The van der Waals surface area contributed by atoms with Gasteiger partial charge >= 0.3 is 0 Å². The zero-order valence-corrected chi connectivity index (χ0v) is 28.7. The lowest BCUT2D eigenvalue weighted by Crippen LogP contribution is -2.32. The second kappa shape index (κ2) is 15.3. The Hall–Kier alpha value is -4.00. The molecule has 47 heavy (non-hydrogen) atoms. The maximum absolute atomic E-state index is 6.75. The Morgan fingerprint density at radius 3 is 2.47 bits per heavy atom. The molecule has 6 nitrogen and oxygen atoms in total. The number of fused-ring (bicyclic) bond motifs is 1. The largest absolute Gasteiger partial charge is 0.496 e. The van der Waals surface area contributed by atoms with E-state index in [1.165, 1.54) is 24.9 Å². The Balaban J connectivity index is 1.15. The molecule has 2 aliphatic rings. The molecule has 0 unspecified atom stereocenters. The van der Waals surface area contributed by atoms with Crippen molar-refractivity contribution in [2.24, 2.45) is 0 Å². The van der Waals surface area contributed by atoms with Crippen LogP contribution in [0.4, 0.5) is 5.69 Å². The molecule has 0 amide bonds. The van der Waals surface area contributed by atoms with Crippen molar-refractivity contribution in [3.8, 4) is 11.5 Å². The Morgan fingerprint density at radius 2 is 1.77 bits per heavy atom. The average molecular weight is 652 g/mol. The van der Waals surface area contributed by atoms with Crippen molar-refractivity contribution in [1.82, 2.24) is 9.88 Å². The minimum absolute atomic E-state index is 0.322. The number of aromatic nitrogens is 1. The van der Waals surface area contributed by atoms with Crippen LogP contribution in [0.1, 0.15) is 68.9 Å². The van der Waals surface area contributed by atoms with E-state index in [9.17, 15) is 0 Å². The second-order valence-corrected chi connectivity index (χ2v) is 13.0. The zero-order chi connectivity index (χ0) is 32.8. The van der Waals surface area contributed by atoms with E-state index in [0.29, 0.717) is 23.3 Å². The fourth-order valence-electron chi connectivity index (χ4n) is 6.92. The molecule has 3 aromatic carbocycles. The molecule has 246 valence electrons. The van der Waals surface area contributed by atoms with Crippen molar-refractivity contribution in [2.45, 2.75) is 58.4 Å². The summed E-state index contributed by atoms with van der Waals surface area (Å²) in [4.78, 5) is 9.89. The molecule has 0 N–H and O–H groups in total. The van der Waals surface area contributed by atoms with E-state index in [1.54, 1.807) is 7.11 Å². The number of benzene rings is 3. The molecule has 4 aromatic rings. The highest BCUT2D eigenvalue weighted by atomic mass is 35.5. The number of methoxy groups -OCH3 is 1. The van der Waals surface area contributed by atoms with Crippen LogP contribution < -0.4 is 14.4 Å². The molecule has 3 heterocycles. The number of hydrogen-bond donors (Lipinski definition) is 0. The molecule has 7 heteroatoms. The number of anilines is 1. The van der Waals surface area contributed by atoms with Crippen molar-refractivity contribution in [3.05, 3.63) is 113 Å². The molecular weight excluding hydrogens is 606 g/mol. The summed E-state index contributed by atoms with van der Waals surface area (Å²) in [5.74, 6) is 2.56. The first-order valence-electron chi connectivity index (χ1n) is 16.9. The number of rotatable bonds is 11. The summed E-state index contributed by atoms with van der Waals surface area (Å²) >= 11 is 6.75. The number of ether oxygens (including phenoxy) is 2. The SMILES string of the molecule is C=C/C(COc1cc(OC)c(CN2CCCCC2)cc1Cl)=C(C)\C(=C/C)c1ccc2oc(C3CCN(c4ccccc4)CC3)nc2c1. The minimum Gasteiger partial charge on any atom is -0.496 e.